The van der Waals surface area contributed by atoms with Crippen LogP contribution in [0.25, 0.3) is 0 Å². The molecule has 2 heterocycles. The van der Waals surface area contributed by atoms with Crippen molar-refractivity contribution in [1.82, 2.24) is 0 Å². The number of ether oxygens (including phenoxy) is 4. The molecule has 0 amide bonds. The van der Waals surface area contributed by atoms with Crippen LogP contribution in [0.4, 0.5) is 0 Å². The molecule has 4 unspecified atom stereocenters. The van der Waals surface area contributed by atoms with Gasteiger partial charge in [-0.05, 0) is 0 Å². The monoisotopic (exact) mass is 384 g/mol. The van der Waals surface area contributed by atoms with E-state index in [1.165, 1.54) is 0 Å². The van der Waals surface area contributed by atoms with Crippen molar-refractivity contribution in [2.24, 2.45) is 0 Å². The lowest BCUT2D eigenvalue weighted by Crippen LogP contribution is -2.64. The summed E-state index contributed by atoms with van der Waals surface area (Å²) in [5.74, 6) is -0.660. The van der Waals surface area contributed by atoms with Gasteiger partial charge in [0.15, 0.2) is 12.6 Å². The molecule has 2 aliphatic rings. The van der Waals surface area contributed by atoms with Crippen LogP contribution < -0.4 is 0 Å². The van der Waals surface area contributed by atoms with Crippen molar-refractivity contribution in [3.05, 3.63) is 0 Å². The topological polar surface area (TPSA) is 196 Å². The Balaban J connectivity index is 2.10. The highest BCUT2D eigenvalue weighted by Crippen LogP contribution is 2.28. The summed E-state index contributed by atoms with van der Waals surface area (Å²) in [4.78, 5) is 10.9. The van der Waals surface area contributed by atoms with E-state index in [4.69, 9.17) is 18.9 Å². The lowest BCUT2D eigenvalue weighted by atomic mass is 9.97. The predicted octanol–water partition coefficient (Wildman–Crippen LogP) is -4.83. The summed E-state index contributed by atoms with van der Waals surface area (Å²) in [6, 6.07) is 0. The summed E-state index contributed by atoms with van der Waals surface area (Å²) in [7, 11) is 0. The van der Waals surface area contributed by atoms with Crippen LogP contribution >= 0.6 is 0 Å². The maximum absolute atomic E-state index is 10.9. The average molecular weight is 384 g/mol. The van der Waals surface area contributed by atoms with Crippen LogP contribution in [0, 0.1) is 0 Å². The Kier molecular flexibility index (Phi) is 7.27. The summed E-state index contributed by atoms with van der Waals surface area (Å²) in [5, 5.41) is 68.4. The number of carbonyl (C=O) groups excluding carboxylic acids is 1. The van der Waals surface area contributed by atoms with Gasteiger partial charge in [-0.15, -0.1) is 0 Å². The number of esters is 1. The number of aliphatic hydroxyl groups excluding tert-OH is 7. The highest BCUT2D eigenvalue weighted by Gasteiger charge is 2.50. The Labute approximate surface area is 148 Å². The third-order valence-electron chi connectivity index (χ3n) is 4.25. The van der Waals surface area contributed by atoms with Crippen molar-refractivity contribution in [2.75, 3.05) is 13.2 Å². The molecule has 0 spiro atoms. The van der Waals surface area contributed by atoms with Gasteiger partial charge in [0, 0.05) is 6.92 Å². The molecule has 12 nitrogen and oxygen atoms in total. The molecule has 2 rings (SSSR count). The molecule has 152 valence electrons. The van der Waals surface area contributed by atoms with Crippen molar-refractivity contribution in [3.63, 3.8) is 0 Å². The first-order valence-electron chi connectivity index (χ1n) is 7.96. The van der Waals surface area contributed by atoms with Crippen LogP contribution in [-0.4, -0.2) is 116 Å². The lowest BCUT2D eigenvalue weighted by molar-refractivity contribution is -0.355. The minimum atomic E-state index is -1.76. The van der Waals surface area contributed by atoms with E-state index in [1.54, 1.807) is 0 Å². The average Bonchev–Trinajstić information content (AvgIpc) is 2.60. The molecule has 0 aromatic heterocycles. The first kappa shape index (κ1) is 21.4. The molecule has 12 heteroatoms. The molecule has 0 radical (unpaired) electrons. The Morgan fingerprint density at radius 2 is 1.54 bits per heavy atom. The first-order valence-corrected chi connectivity index (χ1v) is 7.96. The summed E-state index contributed by atoms with van der Waals surface area (Å²) in [6.07, 6.45) is -15.8. The molecule has 0 saturated carbocycles. The van der Waals surface area contributed by atoms with E-state index in [0.717, 1.165) is 6.92 Å². The standard InChI is InChI=1S/C14H24O12/c1-4(16)23-3-6-7(17)8(18)11(21)14(25-6)26-12-5(2-15)24-13(22)10(20)9(12)19/h5-15,17-22H,2-3H2,1H3/t5?,6?,7-,8?,9+,10?,11-,12+,13+,14-/m0/s1. The van der Waals surface area contributed by atoms with Gasteiger partial charge in [0.05, 0.1) is 6.61 Å². The lowest BCUT2D eigenvalue weighted by Gasteiger charge is -2.45. The number of hydrogen-bond donors (Lipinski definition) is 7. The summed E-state index contributed by atoms with van der Waals surface area (Å²) >= 11 is 0. The largest absolute Gasteiger partial charge is 0.463 e. The molecule has 0 aromatic rings. The number of rotatable bonds is 5. The van der Waals surface area contributed by atoms with Crippen molar-refractivity contribution in [2.45, 2.75) is 68.3 Å². The fraction of sp³-hybridized carbons (Fsp3) is 0.929. The molecule has 0 aliphatic carbocycles. The SMILES string of the molecule is CC(=O)OCC1O[C@@H](O[C@@H]2C(CO)O[C@@H](O)C(O)[C@H]2O)[C@@H](O)C(O)[C@H]1O. The van der Waals surface area contributed by atoms with Gasteiger partial charge >= 0.3 is 5.97 Å². The Hall–Kier alpha value is -0.930. The maximum atomic E-state index is 10.9. The molecule has 2 fully saturated rings. The van der Waals surface area contributed by atoms with Crippen molar-refractivity contribution >= 4 is 5.97 Å². The van der Waals surface area contributed by atoms with Gasteiger partial charge in [0.1, 0.15) is 55.4 Å². The first-order chi connectivity index (χ1) is 12.2. The molecule has 2 saturated heterocycles. The normalized spacial score (nSPS) is 46.8. The van der Waals surface area contributed by atoms with Crippen LogP contribution in [0.3, 0.4) is 0 Å². The highest BCUT2D eigenvalue weighted by atomic mass is 16.7. The van der Waals surface area contributed by atoms with Gasteiger partial charge < -0.3 is 54.7 Å². The second-order valence-corrected chi connectivity index (χ2v) is 6.15. The number of carbonyl (C=O) groups is 1. The second-order valence-electron chi connectivity index (χ2n) is 6.15. The molecule has 0 bridgehead atoms. The van der Waals surface area contributed by atoms with Crippen LogP contribution in [0.5, 0.6) is 0 Å². The Bertz CT molecular complexity index is 473. The van der Waals surface area contributed by atoms with Crippen molar-refractivity contribution in [3.8, 4) is 0 Å². The van der Waals surface area contributed by atoms with E-state index in [-0.39, 0.29) is 0 Å². The summed E-state index contributed by atoms with van der Waals surface area (Å²) < 4.78 is 20.3. The zero-order chi connectivity index (χ0) is 19.6. The van der Waals surface area contributed by atoms with Gasteiger partial charge in [0.2, 0.25) is 0 Å². The fourth-order valence-corrected chi connectivity index (χ4v) is 2.76. The molecular formula is C14H24O12. The van der Waals surface area contributed by atoms with E-state index in [2.05, 4.69) is 0 Å². The summed E-state index contributed by atoms with van der Waals surface area (Å²) in [5.41, 5.74) is 0. The van der Waals surface area contributed by atoms with Gasteiger partial charge in [-0.1, -0.05) is 0 Å². The number of aliphatic hydroxyl groups is 7. The molecule has 26 heavy (non-hydrogen) atoms. The van der Waals surface area contributed by atoms with Crippen LogP contribution in [-0.2, 0) is 23.7 Å². The molecule has 10 atom stereocenters. The van der Waals surface area contributed by atoms with Crippen LogP contribution in [0.1, 0.15) is 6.92 Å². The van der Waals surface area contributed by atoms with E-state index in [9.17, 15) is 40.5 Å². The number of hydrogen-bond acceptors (Lipinski definition) is 12. The minimum Gasteiger partial charge on any atom is -0.463 e. The molecule has 0 aromatic carbocycles. The minimum absolute atomic E-state index is 0.436. The molecular weight excluding hydrogens is 360 g/mol. The van der Waals surface area contributed by atoms with E-state index in [0.29, 0.717) is 0 Å². The quantitative estimate of drug-likeness (QED) is 0.224. The zero-order valence-electron chi connectivity index (χ0n) is 13.9. The van der Waals surface area contributed by atoms with E-state index >= 15 is 0 Å². The Morgan fingerprint density at radius 1 is 0.885 bits per heavy atom. The van der Waals surface area contributed by atoms with Crippen LogP contribution in [0.15, 0.2) is 0 Å². The van der Waals surface area contributed by atoms with Gasteiger partial charge in [-0.3, -0.25) is 4.79 Å². The third kappa shape index (κ3) is 4.48. The van der Waals surface area contributed by atoms with Crippen LogP contribution in [0.2, 0.25) is 0 Å². The molecule has 2 aliphatic heterocycles. The smallest absolute Gasteiger partial charge is 0.302 e. The third-order valence-corrected chi connectivity index (χ3v) is 4.25. The van der Waals surface area contributed by atoms with Gasteiger partial charge in [0.25, 0.3) is 0 Å². The Morgan fingerprint density at radius 3 is 2.12 bits per heavy atom. The highest BCUT2D eigenvalue weighted by molar-refractivity contribution is 5.65. The summed E-state index contributed by atoms with van der Waals surface area (Å²) in [6.45, 7) is -0.00621. The van der Waals surface area contributed by atoms with E-state index < -0.39 is 80.6 Å². The van der Waals surface area contributed by atoms with E-state index in [1.807, 2.05) is 0 Å². The van der Waals surface area contributed by atoms with Gasteiger partial charge in [-0.2, -0.15) is 0 Å². The zero-order valence-corrected chi connectivity index (χ0v) is 13.9. The second kappa shape index (κ2) is 8.84. The fourth-order valence-electron chi connectivity index (χ4n) is 2.76. The van der Waals surface area contributed by atoms with Crippen molar-refractivity contribution < 1.29 is 59.5 Å². The molecule has 7 N–H and O–H groups in total. The van der Waals surface area contributed by atoms with Gasteiger partial charge in [-0.25, -0.2) is 0 Å². The van der Waals surface area contributed by atoms with Crippen molar-refractivity contribution in [1.29, 1.82) is 0 Å². The maximum Gasteiger partial charge on any atom is 0.302 e. The predicted molar refractivity (Wildman–Crippen MR) is 78.2 cm³/mol.